The van der Waals surface area contributed by atoms with Crippen LogP contribution in [-0.2, 0) is 0 Å². The third-order valence-corrected chi connectivity index (χ3v) is 3.81. The average molecular weight is 222 g/mol. The molecule has 1 aliphatic heterocycles. The third-order valence-electron chi connectivity index (χ3n) is 2.62. The predicted octanol–water partition coefficient (Wildman–Crippen LogP) is 3.07. The van der Waals surface area contributed by atoms with E-state index in [-0.39, 0.29) is 5.78 Å². The number of hydrogen-bond acceptors (Lipinski definition) is 3. The zero-order chi connectivity index (χ0) is 10.8. The molecule has 80 valence electrons. The summed E-state index contributed by atoms with van der Waals surface area (Å²) in [4.78, 5) is 13.0. The fourth-order valence-corrected chi connectivity index (χ4v) is 3.05. The Hall–Kier alpha value is -0.960. The lowest BCUT2D eigenvalue weighted by atomic mass is 10.0. The van der Waals surface area contributed by atoms with Crippen molar-refractivity contribution in [2.45, 2.75) is 24.7 Å². The number of methoxy groups -OCH3 is 1. The van der Waals surface area contributed by atoms with Crippen LogP contribution in [0, 0.1) is 6.92 Å². The molecule has 0 amide bonds. The zero-order valence-corrected chi connectivity index (χ0v) is 9.82. The highest BCUT2D eigenvalue weighted by atomic mass is 32.2. The molecule has 0 fully saturated rings. The maximum absolute atomic E-state index is 11.9. The van der Waals surface area contributed by atoms with Gasteiger partial charge in [0.05, 0.1) is 12.0 Å². The Bertz CT molecular complexity index is 399. The summed E-state index contributed by atoms with van der Waals surface area (Å²) >= 11 is 1.73. The highest BCUT2D eigenvalue weighted by molar-refractivity contribution is 7.99. The summed E-state index contributed by atoms with van der Waals surface area (Å²) in [6.45, 7) is 1.99. The molecule has 0 saturated carbocycles. The molecule has 1 aromatic carbocycles. The number of carbonyl (C=O) groups is 1. The molecule has 1 aromatic rings. The number of fused-ring (bicyclic) bond motifs is 1. The number of carbonyl (C=O) groups excluding carboxylic acids is 1. The molecule has 0 spiro atoms. The van der Waals surface area contributed by atoms with E-state index in [4.69, 9.17) is 4.74 Å². The molecule has 0 aromatic heterocycles. The van der Waals surface area contributed by atoms with Crippen molar-refractivity contribution in [1.82, 2.24) is 0 Å². The van der Waals surface area contributed by atoms with Crippen molar-refractivity contribution in [1.29, 1.82) is 0 Å². The molecule has 2 nitrogen and oxygen atoms in total. The maximum Gasteiger partial charge on any atom is 0.164 e. The first-order valence-electron chi connectivity index (χ1n) is 5.07. The molecule has 2 rings (SSSR count). The van der Waals surface area contributed by atoms with Gasteiger partial charge in [0.15, 0.2) is 5.78 Å². The fraction of sp³-hybridized carbons (Fsp3) is 0.417. The van der Waals surface area contributed by atoms with Crippen LogP contribution in [0.25, 0.3) is 0 Å². The molecule has 0 radical (unpaired) electrons. The Balaban J connectivity index is 2.60. The van der Waals surface area contributed by atoms with Gasteiger partial charge in [0.1, 0.15) is 5.75 Å². The number of aryl methyl sites for hydroxylation is 1. The SMILES string of the molecule is COc1ccc(C)c2c1SCCCC2=O. The third kappa shape index (κ3) is 1.88. The molecule has 0 bridgehead atoms. The summed E-state index contributed by atoms with van der Waals surface area (Å²) in [5, 5.41) is 0. The molecule has 0 aliphatic carbocycles. The smallest absolute Gasteiger partial charge is 0.164 e. The van der Waals surface area contributed by atoms with Gasteiger partial charge >= 0.3 is 0 Å². The van der Waals surface area contributed by atoms with E-state index in [1.165, 1.54) is 0 Å². The topological polar surface area (TPSA) is 26.3 Å². The summed E-state index contributed by atoms with van der Waals surface area (Å²) in [5.74, 6) is 2.08. The summed E-state index contributed by atoms with van der Waals surface area (Å²) in [7, 11) is 1.65. The van der Waals surface area contributed by atoms with Crippen LogP contribution in [-0.4, -0.2) is 18.6 Å². The zero-order valence-electron chi connectivity index (χ0n) is 9.00. The Labute approximate surface area is 94.0 Å². The minimum Gasteiger partial charge on any atom is -0.496 e. The molecule has 0 N–H and O–H groups in total. The molecule has 1 aliphatic rings. The summed E-state index contributed by atoms with van der Waals surface area (Å²) in [5.41, 5.74) is 1.93. The summed E-state index contributed by atoms with van der Waals surface area (Å²) < 4.78 is 5.30. The number of hydrogen-bond donors (Lipinski definition) is 0. The number of ether oxygens (including phenoxy) is 1. The fourth-order valence-electron chi connectivity index (χ4n) is 1.84. The van der Waals surface area contributed by atoms with Crippen molar-refractivity contribution in [3.05, 3.63) is 23.3 Å². The van der Waals surface area contributed by atoms with Crippen LogP contribution in [0.15, 0.2) is 17.0 Å². The molecular formula is C12H14O2S. The van der Waals surface area contributed by atoms with E-state index < -0.39 is 0 Å². The second kappa shape index (κ2) is 4.27. The number of thioether (sulfide) groups is 1. The highest BCUT2D eigenvalue weighted by Gasteiger charge is 2.21. The number of ketones is 1. The lowest BCUT2D eigenvalue weighted by Gasteiger charge is -2.12. The van der Waals surface area contributed by atoms with Gasteiger partial charge in [0.2, 0.25) is 0 Å². The Morgan fingerprint density at radius 2 is 2.20 bits per heavy atom. The van der Waals surface area contributed by atoms with Gasteiger partial charge in [-0.25, -0.2) is 0 Å². The number of benzene rings is 1. The second-order valence-electron chi connectivity index (χ2n) is 3.66. The van der Waals surface area contributed by atoms with Crippen LogP contribution < -0.4 is 4.74 Å². The Kier molecular flexibility index (Phi) is 3.00. The van der Waals surface area contributed by atoms with Crippen LogP contribution in [0.1, 0.15) is 28.8 Å². The first-order chi connectivity index (χ1) is 7.24. The number of rotatable bonds is 1. The van der Waals surface area contributed by atoms with Crippen LogP contribution in [0.5, 0.6) is 5.75 Å². The van der Waals surface area contributed by atoms with E-state index in [9.17, 15) is 4.79 Å². The molecule has 0 saturated heterocycles. The van der Waals surface area contributed by atoms with Crippen molar-refractivity contribution in [2.24, 2.45) is 0 Å². The van der Waals surface area contributed by atoms with Gasteiger partial charge in [-0.15, -0.1) is 11.8 Å². The first-order valence-corrected chi connectivity index (χ1v) is 6.06. The van der Waals surface area contributed by atoms with E-state index in [0.29, 0.717) is 6.42 Å². The molecular weight excluding hydrogens is 208 g/mol. The summed E-state index contributed by atoms with van der Waals surface area (Å²) in [6.07, 6.45) is 1.62. The van der Waals surface area contributed by atoms with E-state index in [1.807, 2.05) is 19.1 Å². The predicted molar refractivity (Wildman–Crippen MR) is 62.0 cm³/mol. The van der Waals surface area contributed by atoms with Gasteiger partial charge < -0.3 is 4.74 Å². The average Bonchev–Trinajstić information content (AvgIpc) is 2.42. The lowest BCUT2D eigenvalue weighted by Crippen LogP contribution is -2.02. The number of Topliss-reactive ketones (excluding diaryl/α,β-unsaturated/α-hetero) is 1. The van der Waals surface area contributed by atoms with Crippen molar-refractivity contribution in [3.8, 4) is 5.75 Å². The second-order valence-corrected chi connectivity index (χ2v) is 4.77. The molecule has 3 heteroatoms. The molecule has 0 unspecified atom stereocenters. The van der Waals surface area contributed by atoms with Gasteiger partial charge in [-0.1, -0.05) is 6.07 Å². The normalized spacial score (nSPS) is 15.7. The summed E-state index contributed by atoms with van der Waals surface area (Å²) in [6, 6.07) is 3.90. The Morgan fingerprint density at radius 1 is 1.40 bits per heavy atom. The van der Waals surface area contributed by atoms with E-state index in [1.54, 1.807) is 18.9 Å². The largest absolute Gasteiger partial charge is 0.496 e. The van der Waals surface area contributed by atoms with Gasteiger partial charge in [0, 0.05) is 12.0 Å². The maximum atomic E-state index is 11.9. The van der Waals surface area contributed by atoms with Gasteiger partial charge in [0.25, 0.3) is 0 Å². The van der Waals surface area contributed by atoms with Crippen LogP contribution >= 0.6 is 11.8 Å². The van der Waals surface area contributed by atoms with Gasteiger partial charge in [-0.3, -0.25) is 4.79 Å². The lowest BCUT2D eigenvalue weighted by molar-refractivity contribution is 0.0979. The minimum absolute atomic E-state index is 0.256. The minimum atomic E-state index is 0.256. The Morgan fingerprint density at radius 3 is 2.93 bits per heavy atom. The van der Waals surface area contributed by atoms with Crippen LogP contribution in [0.4, 0.5) is 0 Å². The van der Waals surface area contributed by atoms with E-state index in [0.717, 1.165) is 33.9 Å². The van der Waals surface area contributed by atoms with Crippen molar-refractivity contribution in [3.63, 3.8) is 0 Å². The van der Waals surface area contributed by atoms with Crippen molar-refractivity contribution in [2.75, 3.05) is 12.9 Å². The molecule has 0 atom stereocenters. The van der Waals surface area contributed by atoms with E-state index in [2.05, 4.69) is 0 Å². The first kappa shape index (κ1) is 10.6. The van der Waals surface area contributed by atoms with Crippen LogP contribution in [0.3, 0.4) is 0 Å². The molecule has 1 heterocycles. The monoisotopic (exact) mass is 222 g/mol. The highest BCUT2D eigenvalue weighted by Crippen LogP contribution is 2.38. The standard InChI is InChI=1S/C12H14O2S/c1-8-5-6-10(14-2)12-11(8)9(13)4-3-7-15-12/h5-6H,3-4,7H2,1-2H3. The van der Waals surface area contributed by atoms with Crippen LogP contribution in [0.2, 0.25) is 0 Å². The van der Waals surface area contributed by atoms with Crippen molar-refractivity contribution >= 4 is 17.5 Å². The van der Waals surface area contributed by atoms with Gasteiger partial charge in [-0.2, -0.15) is 0 Å². The molecule has 15 heavy (non-hydrogen) atoms. The van der Waals surface area contributed by atoms with Crippen molar-refractivity contribution < 1.29 is 9.53 Å². The van der Waals surface area contributed by atoms with E-state index >= 15 is 0 Å². The quantitative estimate of drug-likeness (QED) is 0.730. The van der Waals surface area contributed by atoms with Gasteiger partial charge in [-0.05, 0) is 30.7 Å².